The second kappa shape index (κ2) is 11.2. The van der Waals surface area contributed by atoms with E-state index in [1.165, 1.54) is 61.6 Å². The summed E-state index contributed by atoms with van der Waals surface area (Å²) in [6, 6.07) is 15.3. The van der Waals surface area contributed by atoms with E-state index in [-0.39, 0.29) is 24.0 Å². The Bertz CT molecular complexity index is 1040. The second-order valence-electron chi connectivity index (χ2n) is 10.7. The van der Waals surface area contributed by atoms with Crippen molar-refractivity contribution in [1.82, 2.24) is 0 Å². The summed E-state index contributed by atoms with van der Waals surface area (Å²) in [6.45, 7) is 2.94. The highest BCUT2D eigenvalue weighted by Crippen LogP contribution is 2.42. The molecular formula is C32H38O4. The van der Waals surface area contributed by atoms with Gasteiger partial charge >= 0.3 is 0 Å². The lowest BCUT2D eigenvalue weighted by Gasteiger charge is -2.26. The number of para-hydroxylation sites is 1. The molecule has 0 bridgehead atoms. The number of hydrogen-bond acceptors (Lipinski definition) is 4. The lowest BCUT2D eigenvalue weighted by Crippen LogP contribution is -2.12. The van der Waals surface area contributed by atoms with Crippen molar-refractivity contribution in [2.24, 2.45) is 0 Å². The number of ether oxygens (including phenoxy) is 4. The van der Waals surface area contributed by atoms with Gasteiger partial charge in [-0.2, -0.15) is 0 Å². The monoisotopic (exact) mass is 486 g/mol. The summed E-state index contributed by atoms with van der Waals surface area (Å²) in [5.41, 5.74) is 3.97. The summed E-state index contributed by atoms with van der Waals surface area (Å²) in [5, 5.41) is 0. The van der Waals surface area contributed by atoms with Gasteiger partial charge in [-0.3, -0.25) is 0 Å². The molecule has 4 heteroatoms. The van der Waals surface area contributed by atoms with Crippen LogP contribution in [0.5, 0.6) is 11.5 Å². The third-order valence-electron chi connectivity index (χ3n) is 7.95. The number of epoxide rings is 2. The maximum absolute atomic E-state index is 6.52. The van der Waals surface area contributed by atoms with Crippen LogP contribution in [0.1, 0.15) is 79.4 Å². The maximum Gasteiger partial charge on any atom is 0.127 e. The van der Waals surface area contributed by atoms with Crippen LogP contribution in [-0.4, -0.2) is 38.6 Å². The first-order chi connectivity index (χ1) is 17.8. The highest BCUT2D eigenvalue weighted by Gasteiger charge is 2.27. The van der Waals surface area contributed by atoms with Crippen LogP contribution in [0.15, 0.2) is 66.8 Å². The maximum atomic E-state index is 6.52. The molecular weight excluding hydrogens is 448 g/mol. The molecule has 2 unspecified atom stereocenters. The van der Waals surface area contributed by atoms with Gasteiger partial charge in [0.15, 0.2) is 0 Å². The Hall–Kier alpha value is -2.56. The van der Waals surface area contributed by atoms with Gasteiger partial charge in [0.25, 0.3) is 0 Å². The molecule has 2 heterocycles. The molecule has 2 saturated heterocycles. The Morgan fingerprint density at radius 2 is 1.22 bits per heavy atom. The second-order valence-corrected chi connectivity index (χ2v) is 10.7. The Kier molecular flexibility index (Phi) is 7.43. The third kappa shape index (κ3) is 6.04. The first-order valence-electron chi connectivity index (χ1n) is 13.9. The Morgan fingerprint density at radius 1 is 0.639 bits per heavy atom. The number of allylic oxidation sites excluding steroid dienone is 4. The fourth-order valence-corrected chi connectivity index (χ4v) is 5.61. The van der Waals surface area contributed by atoms with E-state index in [1.54, 1.807) is 0 Å². The number of rotatable bonds is 9. The quantitative estimate of drug-likeness (QED) is 0.281. The third-order valence-corrected chi connectivity index (χ3v) is 7.95. The van der Waals surface area contributed by atoms with Crippen molar-refractivity contribution in [3.05, 3.63) is 83.5 Å². The predicted molar refractivity (Wildman–Crippen MR) is 142 cm³/mol. The van der Waals surface area contributed by atoms with E-state index < -0.39 is 0 Å². The van der Waals surface area contributed by atoms with Crippen LogP contribution in [0.2, 0.25) is 0 Å². The van der Waals surface area contributed by atoms with E-state index >= 15 is 0 Å². The van der Waals surface area contributed by atoms with Gasteiger partial charge in [0.1, 0.15) is 36.9 Å². The molecule has 0 amide bonds. The zero-order chi connectivity index (χ0) is 24.2. The predicted octanol–water partition coefficient (Wildman–Crippen LogP) is 7.06. The van der Waals surface area contributed by atoms with Crippen molar-refractivity contribution in [3.63, 3.8) is 0 Å². The van der Waals surface area contributed by atoms with Crippen molar-refractivity contribution in [2.45, 2.75) is 74.9 Å². The lowest BCUT2D eigenvalue weighted by molar-refractivity contribution is 0.256. The van der Waals surface area contributed by atoms with Crippen LogP contribution >= 0.6 is 0 Å². The van der Waals surface area contributed by atoms with Crippen LogP contribution in [0.4, 0.5) is 0 Å². The molecule has 6 rings (SSSR count). The Balaban J connectivity index is 1.18. The van der Waals surface area contributed by atoms with E-state index in [9.17, 15) is 0 Å². The van der Waals surface area contributed by atoms with Crippen LogP contribution < -0.4 is 9.47 Å². The number of hydrogen-bond donors (Lipinski definition) is 0. The average molecular weight is 487 g/mol. The normalized spacial score (nSPS) is 27.8. The minimum Gasteiger partial charge on any atom is -0.491 e. The molecule has 0 aromatic heterocycles. The van der Waals surface area contributed by atoms with Gasteiger partial charge in [0.2, 0.25) is 0 Å². The van der Waals surface area contributed by atoms with E-state index in [0.29, 0.717) is 19.1 Å². The van der Waals surface area contributed by atoms with Gasteiger partial charge in [-0.05, 0) is 42.0 Å². The average Bonchev–Trinajstić information content (AvgIpc) is 3.82. The first-order valence-corrected chi connectivity index (χ1v) is 13.9. The summed E-state index contributed by atoms with van der Waals surface area (Å²) >= 11 is 0. The molecule has 2 atom stereocenters. The van der Waals surface area contributed by atoms with Crippen molar-refractivity contribution in [3.8, 4) is 11.5 Å². The van der Waals surface area contributed by atoms with Gasteiger partial charge in [-0.1, -0.05) is 86.7 Å². The van der Waals surface area contributed by atoms with Crippen LogP contribution in [0, 0.1) is 0 Å². The summed E-state index contributed by atoms with van der Waals surface area (Å²) in [4.78, 5) is 0. The standard InChI is InChI=1S/C32H38O4/c1-2-4-7-25(8-5-3-1)30-9-6-10-31(32(30)36-22-29-21-35-29)26-13-11-23(12-14-26)24-15-17-27(18-16-24)33-19-28-20-34-28/h6,9-18,23,25-26,28-29H,1-5,7-8,19-22H2. The van der Waals surface area contributed by atoms with Crippen LogP contribution in [-0.2, 0) is 9.47 Å². The molecule has 0 spiro atoms. The molecule has 2 aliphatic carbocycles. The first kappa shape index (κ1) is 23.8. The van der Waals surface area contributed by atoms with Gasteiger partial charge in [-0.25, -0.2) is 0 Å². The molecule has 0 radical (unpaired) electrons. The SMILES string of the molecule is C1=CC(c2cccc(C3CCCCCCC3)c2OCC2CO2)C=CC1c1ccc(OCC2CO2)cc1. The summed E-state index contributed by atoms with van der Waals surface area (Å²) < 4.78 is 23.0. The molecule has 4 nitrogen and oxygen atoms in total. The highest BCUT2D eigenvalue weighted by molar-refractivity contribution is 5.50. The lowest BCUT2D eigenvalue weighted by atomic mass is 9.82. The van der Waals surface area contributed by atoms with Crippen molar-refractivity contribution >= 4 is 0 Å². The van der Waals surface area contributed by atoms with Gasteiger partial charge < -0.3 is 18.9 Å². The molecule has 4 aliphatic rings. The summed E-state index contributed by atoms with van der Waals surface area (Å²) in [6.07, 6.45) is 19.2. The van der Waals surface area contributed by atoms with Crippen LogP contribution in [0.3, 0.4) is 0 Å². The Labute approximate surface area is 215 Å². The fraction of sp³-hybridized carbons (Fsp3) is 0.500. The zero-order valence-corrected chi connectivity index (χ0v) is 21.1. The largest absolute Gasteiger partial charge is 0.491 e. The Morgan fingerprint density at radius 3 is 1.89 bits per heavy atom. The molecule has 36 heavy (non-hydrogen) atoms. The molecule has 0 N–H and O–H groups in total. The van der Waals surface area contributed by atoms with Gasteiger partial charge in [-0.15, -0.1) is 0 Å². The van der Waals surface area contributed by atoms with Crippen LogP contribution in [0.25, 0.3) is 0 Å². The van der Waals surface area contributed by atoms with E-state index in [4.69, 9.17) is 18.9 Å². The summed E-state index contributed by atoms with van der Waals surface area (Å²) in [7, 11) is 0. The highest BCUT2D eigenvalue weighted by atomic mass is 16.6. The molecule has 2 aromatic rings. The minimum absolute atomic E-state index is 0.228. The van der Waals surface area contributed by atoms with Crippen molar-refractivity contribution in [2.75, 3.05) is 26.4 Å². The zero-order valence-electron chi connectivity index (χ0n) is 21.1. The minimum atomic E-state index is 0.228. The van der Waals surface area contributed by atoms with Gasteiger partial charge in [0, 0.05) is 17.4 Å². The van der Waals surface area contributed by atoms with E-state index in [0.717, 1.165) is 24.7 Å². The fourth-order valence-electron chi connectivity index (χ4n) is 5.61. The van der Waals surface area contributed by atoms with E-state index in [1.807, 2.05) is 0 Å². The smallest absolute Gasteiger partial charge is 0.127 e. The van der Waals surface area contributed by atoms with Crippen molar-refractivity contribution in [1.29, 1.82) is 0 Å². The molecule has 2 aliphatic heterocycles. The van der Waals surface area contributed by atoms with E-state index in [2.05, 4.69) is 66.8 Å². The van der Waals surface area contributed by atoms with Gasteiger partial charge in [0.05, 0.1) is 13.2 Å². The summed E-state index contributed by atoms with van der Waals surface area (Å²) in [5.74, 6) is 3.11. The molecule has 1 saturated carbocycles. The topological polar surface area (TPSA) is 43.5 Å². The molecule has 190 valence electrons. The van der Waals surface area contributed by atoms with Crippen molar-refractivity contribution < 1.29 is 18.9 Å². The molecule has 2 aromatic carbocycles. The molecule has 3 fully saturated rings. The number of benzene rings is 2.